The van der Waals surface area contributed by atoms with Gasteiger partial charge in [-0.15, -0.1) is 0 Å². The minimum atomic E-state index is 0.0221. The molecule has 0 aliphatic rings. The van der Waals surface area contributed by atoms with Crippen molar-refractivity contribution in [2.24, 2.45) is 0 Å². The average molecular weight is 363 g/mol. The first-order valence-electron chi connectivity index (χ1n) is 9.71. The Kier molecular flexibility index (Phi) is 5.41. The summed E-state index contributed by atoms with van der Waals surface area (Å²) in [7, 11) is 0. The van der Waals surface area contributed by atoms with E-state index in [2.05, 4.69) is 73.7 Å². The Bertz CT molecular complexity index is 913. The summed E-state index contributed by atoms with van der Waals surface area (Å²) in [5.74, 6) is 0.106. The van der Waals surface area contributed by atoms with Gasteiger partial charge in [-0.3, -0.25) is 4.79 Å². The average Bonchev–Trinajstić information content (AvgIpc) is 3.02. The number of H-pyrrole nitrogens is 1. The summed E-state index contributed by atoms with van der Waals surface area (Å²) in [5.41, 5.74) is 4.87. The summed E-state index contributed by atoms with van der Waals surface area (Å²) in [4.78, 5) is 15.9. The largest absolute Gasteiger partial charge is 0.361 e. The van der Waals surface area contributed by atoms with Gasteiger partial charge in [0.05, 0.1) is 0 Å². The van der Waals surface area contributed by atoms with Crippen molar-refractivity contribution in [1.29, 1.82) is 0 Å². The van der Waals surface area contributed by atoms with Gasteiger partial charge in [0.15, 0.2) is 0 Å². The molecule has 3 rings (SSSR count). The molecular weight excluding hydrogens is 332 g/mol. The maximum Gasteiger partial charge on any atom is 0.221 e. The van der Waals surface area contributed by atoms with Crippen molar-refractivity contribution >= 4 is 16.8 Å². The first-order chi connectivity index (χ1) is 12.8. The van der Waals surface area contributed by atoms with E-state index in [0.29, 0.717) is 6.42 Å². The van der Waals surface area contributed by atoms with E-state index in [1.165, 1.54) is 22.1 Å². The Balaban J connectivity index is 2.01. The lowest BCUT2D eigenvalue weighted by Crippen LogP contribution is -2.31. The topological polar surface area (TPSA) is 44.9 Å². The number of fused-ring (bicyclic) bond motifs is 1. The van der Waals surface area contributed by atoms with E-state index in [1.807, 2.05) is 26.0 Å². The highest BCUT2D eigenvalue weighted by atomic mass is 16.1. The first kappa shape index (κ1) is 19.2. The number of para-hydroxylation sites is 1. The van der Waals surface area contributed by atoms with Gasteiger partial charge in [-0.1, -0.05) is 63.2 Å². The number of aromatic nitrogens is 1. The van der Waals surface area contributed by atoms with E-state index < -0.39 is 0 Å². The molecule has 0 bridgehead atoms. The van der Waals surface area contributed by atoms with E-state index >= 15 is 0 Å². The van der Waals surface area contributed by atoms with Crippen LogP contribution in [0, 0.1) is 0 Å². The quantitative estimate of drug-likeness (QED) is 0.617. The van der Waals surface area contributed by atoms with Crippen molar-refractivity contribution in [2.75, 3.05) is 0 Å². The molecule has 1 amide bonds. The molecule has 3 heteroatoms. The van der Waals surface area contributed by atoms with E-state index in [1.54, 1.807) is 0 Å². The van der Waals surface area contributed by atoms with Crippen LogP contribution in [0.5, 0.6) is 0 Å². The highest BCUT2D eigenvalue weighted by Gasteiger charge is 2.22. The SMILES string of the molecule is CC(C)NC(=O)C[C@H](c1ccc(C(C)(C)C)cc1)c1c[nH]c2ccccc12. The molecule has 27 heavy (non-hydrogen) atoms. The fourth-order valence-corrected chi connectivity index (χ4v) is 3.57. The fraction of sp³-hybridized carbons (Fsp3) is 0.375. The molecule has 3 nitrogen and oxygen atoms in total. The zero-order valence-corrected chi connectivity index (χ0v) is 17.0. The lowest BCUT2D eigenvalue weighted by atomic mass is 9.83. The molecule has 0 aliphatic carbocycles. The smallest absolute Gasteiger partial charge is 0.221 e. The van der Waals surface area contributed by atoms with Crippen LogP contribution in [0.15, 0.2) is 54.7 Å². The van der Waals surface area contributed by atoms with Gasteiger partial charge in [-0.2, -0.15) is 0 Å². The second-order valence-electron chi connectivity index (χ2n) is 8.64. The highest BCUT2D eigenvalue weighted by Crippen LogP contribution is 2.34. The van der Waals surface area contributed by atoms with E-state index in [4.69, 9.17) is 0 Å². The second-order valence-corrected chi connectivity index (χ2v) is 8.64. The van der Waals surface area contributed by atoms with Gasteiger partial charge >= 0.3 is 0 Å². The third-order valence-corrected chi connectivity index (χ3v) is 5.01. The van der Waals surface area contributed by atoms with Crippen molar-refractivity contribution in [3.8, 4) is 0 Å². The maximum atomic E-state index is 12.6. The zero-order chi connectivity index (χ0) is 19.6. The first-order valence-corrected chi connectivity index (χ1v) is 9.71. The lowest BCUT2D eigenvalue weighted by molar-refractivity contribution is -0.121. The molecule has 0 aliphatic heterocycles. The molecule has 1 atom stereocenters. The summed E-state index contributed by atoms with van der Waals surface area (Å²) in [6, 6.07) is 17.2. The summed E-state index contributed by atoms with van der Waals surface area (Å²) in [5, 5.41) is 4.22. The van der Waals surface area contributed by atoms with Crippen molar-refractivity contribution in [3.63, 3.8) is 0 Å². The maximum absolute atomic E-state index is 12.6. The van der Waals surface area contributed by atoms with Crippen LogP contribution >= 0.6 is 0 Å². The minimum Gasteiger partial charge on any atom is -0.361 e. The molecule has 2 N–H and O–H groups in total. The summed E-state index contributed by atoms with van der Waals surface area (Å²) >= 11 is 0. The van der Waals surface area contributed by atoms with Gasteiger partial charge in [-0.05, 0) is 42.0 Å². The number of amides is 1. The van der Waals surface area contributed by atoms with Crippen LogP contribution in [-0.4, -0.2) is 16.9 Å². The zero-order valence-electron chi connectivity index (χ0n) is 17.0. The summed E-state index contributed by atoms with van der Waals surface area (Å²) in [6.45, 7) is 10.6. The Morgan fingerprint density at radius 1 is 1.04 bits per heavy atom. The number of carbonyl (C=O) groups excluding carboxylic acids is 1. The van der Waals surface area contributed by atoms with Crippen LogP contribution < -0.4 is 5.32 Å². The van der Waals surface area contributed by atoms with Crippen LogP contribution in [0.2, 0.25) is 0 Å². The van der Waals surface area contributed by atoms with Crippen molar-refractivity contribution in [2.45, 2.75) is 58.4 Å². The third-order valence-electron chi connectivity index (χ3n) is 5.01. The minimum absolute atomic E-state index is 0.0221. The number of rotatable bonds is 5. The molecule has 2 aromatic carbocycles. The Morgan fingerprint density at radius 2 is 1.70 bits per heavy atom. The number of hydrogen-bond acceptors (Lipinski definition) is 1. The molecule has 0 saturated carbocycles. The molecule has 0 unspecified atom stereocenters. The molecular formula is C24H30N2O. The number of hydrogen-bond donors (Lipinski definition) is 2. The van der Waals surface area contributed by atoms with Gasteiger partial charge in [0.1, 0.15) is 0 Å². The van der Waals surface area contributed by atoms with E-state index in [0.717, 1.165) is 5.52 Å². The lowest BCUT2D eigenvalue weighted by Gasteiger charge is -2.22. The molecule has 0 saturated heterocycles. The van der Waals surface area contributed by atoms with Crippen LogP contribution in [-0.2, 0) is 10.2 Å². The normalized spacial score (nSPS) is 13.1. The van der Waals surface area contributed by atoms with Gasteiger partial charge in [0.25, 0.3) is 0 Å². The van der Waals surface area contributed by atoms with Crippen LogP contribution in [0.4, 0.5) is 0 Å². The van der Waals surface area contributed by atoms with E-state index in [9.17, 15) is 4.79 Å². The van der Waals surface area contributed by atoms with Gasteiger partial charge in [-0.25, -0.2) is 0 Å². The fourth-order valence-electron chi connectivity index (χ4n) is 3.57. The number of benzene rings is 2. The van der Waals surface area contributed by atoms with Gasteiger partial charge in [0, 0.05) is 35.5 Å². The molecule has 3 aromatic rings. The number of aromatic amines is 1. The molecule has 0 radical (unpaired) electrons. The van der Waals surface area contributed by atoms with Crippen LogP contribution in [0.25, 0.3) is 10.9 Å². The van der Waals surface area contributed by atoms with Crippen molar-refractivity contribution in [1.82, 2.24) is 10.3 Å². The number of carbonyl (C=O) groups is 1. The Morgan fingerprint density at radius 3 is 2.33 bits per heavy atom. The number of nitrogens with one attached hydrogen (secondary N) is 2. The Labute approximate surface area is 162 Å². The molecule has 0 spiro atoms. The molecule has 0 fully saturated rings. The predicted molar refractivity (Wildman–Crippen MR) is 113 cm³/mol. The summed E-state index contributed by atoms with van der Waals surface area (Å²) in [6.07, 6.45) is 2.49. The monoisotopic (exact) mass is 362 g/mol. The van der Waals surface area contributed by atoms with Crippen molar-refractivity contribution < 1.29 is 4.79 Å². The third kappa shape index (κ3) is 4.41. The molecule has 142 valence electrons. The highest BCUT2D eigenvalue weighted by molar-refractivity contribution is 5.86. The van der Waals surface area contributed by atoms with E-state index in [-0.39, 0.29) is 23.3 Å². The predicted octanol–water partition coefficient (Wildman–Crippen LogP) is 5.51. The van der Waals surface area contributed by atoms with Gasteiger partial charge in [0.2, 0.25) is 5.91 Å². The Hall–Kier alpha value is -2.55. The van der Waals surface area contributed by atoms with Crippen molar-refractivity contribution in [3.05, 3.63) is 71.4 Å². The second kappa shape index (κ2) is 7.59. The molecule has 1 aromatic heterocycles. The summed E-state index contributed by atoms with van der Waals surface area (Å²) < 4.78 is 0. The standard InChI is InChI=1S/C24H30N2O/c1-16(2)26-23(27)14-20(17-10-12-18(13-11-17)24(3,4)5)21-15-25-22-9-7-6-8-19(21)22/h6-13,15-16,20,25H,14H2,1-5H3,(H,26,27)/t20-/m1/s1. The molecule has 1 heterocycles. The van der Waals surface area contributed by atoms with Gasteiger partial charge < -0.3 is 10.3 Å². The van der Waals surface area contributed by atoms with Crippen LogP contribution in [0.1, 0.15) is 63.6 Å². The van der Waals surface area contributed by atoms with Crippen LogP contribution in [0.3, 0.4) is 0 Å².